The topological polar surface area (TPSA) is 78.3 Å². The Hall–Kier alpha value is -1.26. The molecule has 0 radical (unpaired) electrons. The molecule has 1 fully saturated rings. The van der Waals surface area contributed by atoms with Crippen LogP contribution in [0, 0.1) is 0 Å². The van der Waals surface area contributed by atoms with Gasteiger partial charge in [-0.05, 0) is 52.0 Å². The van der Waals surface area contributed by atoms with Crippen molar-refractivity contribution < 1.29 is 9.63 Å². The van der Waals surface area contributed by atoms with Crippen LogP contribution >= 0.6 is 0 Å². The zero-order chi connectivity index (χ0) is 12.9. The summed E-state index contributed by atoms with van der Waals surface area (Å²) in [5, 5.41) is 5.12. The molecule has 1 amide bonds. The quantitative estimate of drug-likeness (QED) is 0.249. The molecular weight excluding hydrogens is 220 g/mol. The Morgan fingerprint density at radius 3 is 2.35 bits per heavy atom. The van der Waals surface area contributed by atoms with E-state index in [0.717, 1.165) is 32.1 Å². The summed E-state index contributed by atoms with van der Waals surface area (Å²) >= 11 is 0. The molecule has 0 aromatic carbocycles. The molecule has 0 bridgehead atoms. The fraction of sp³-hybridized carbons (Fsp3) is 0.909. The Morgan fingerprint density at radius 1 is 1.35 bits per heavy atom. The van der Waals surface area contributed by atoms with Gasteiger partial charge >= 0.3 is 0 Å². The zero-order valence-corrected chi connectivity index (χ0v) is 10.7. The minimum absolute atomic E-state index is 0.0689. The number of rotatable bonds is 4. The molecule has 0 aromatic heterocycles. The van der Waals surface area contributed by atoms with E-state index < -0.39 is 0 Å². The molecule has 6 heteroatoms. The number of amides is 1. The van der Waals surface area contributed by atoms with Crippen LogP contribution in [0.4, 0.5) is 0 Å². The van der Waals surface area contributed by atoms with E-state index in [2.05, 4.69) is 10.0 Å². The van der Waals surface area contributed by atoms with Crippen molar-refractivity contribution in [3.63, 3.8) is 0 Å². The lowest BCUT2D eigenvalue weighted by Crippen LogP contribution is -2.42. The van der Waals surface area contributed by atoms with Crippen molar-refractivity contribution in [2.45, 2.75) is 64.1 Å². The molecule has 0 aliphatic heterocycles. The third-order valence-electron chi connectivity index (χ3n) is 2.72. The number of nitrogens with zero attached hydrogens (tertiary/aromatic N) is 4. The molecule has 0 atom stereocenters. The summed E-state index contributed by atoms with van der Waals surface area (Å²) < 4.78 is 0. The van der Waals surface area contributed by atoms with Crippen LogP contribution in [0.1, 0.15) is 46.5 Å². The summed E-state index contributed by atoms with van der Waals surface area (Å²) in [6, 6.07) is 0.163. The van der Waals surface area contributed by atoms with Gasteiger partial charge in [-0.25, -0.2) is 5.06 Å². The predicted octanol–water partition coefficient (Wildman–Crippen LogP) is 2.80. The maximum atomic E-state index is 11.0. The smallest absolute Gasteiger partial charge is 0.233 e. The van der Waals surface area contributed by atoms with E-state index in [1.54, 1.807) is 0 Å². The van der Waals surface area contributed by atoms with Gasteiger partial charge in [0.15, 0.2) is 0 Å². The molecule has 0 heterocycles. The second kappa shape index (κ2) is 5.89. The number of azide groups is 1. The lowest BCUT2D eigenvalue weighted by Gasteiger charge is -2.36. The molecule has 0 unspecified atom stereocenters. The van der Waals surface area contributed by atoms with E-state index in [9.17, 15) is 4.79 Å². The van der Waals surface area contributed by atoms with Gasteiger partial charge in [0, 0.05) is 11.0 Å². The van der Waals surface area contributed by atoms with Gasteiger partial charge in [0.1, 0.15) is 0 Å². The zero-order valence-electron chi connectivity index (χ0n) is 10.7. The summed E-state index contributed by atoms with van der Waals surface area (Å²) in [6.07, 6.45) is 4.00. The summed E-state index contributed by atoms with van der Waals surface area (Å²) in [4.78, 5) is 19.4. The van der Waals surface area contributed by atoms with Gasteiger partial charge in [0.2, 0.25) is 6.41 Å². The highest BCUT2D eigenvalue weighted by Gasteiger charge is 2.28. The normalized spacial score (nSPS) is 24.9. The molecule has 96 valence electrons. The second-order valence-corrected chi connectivity index (χ2v) is 5.34. The first-order valence-corrected chi connectivity index (χ1v) is 5.93. The Bertz CT molecular complexity index is 299. The third-order valence-corrected chi connectivity index (χ3v) is 2.72. The van der Waals surface area contributed by atoms with Crippen molar-refractivity contribution in [3.8, 4) is 0 Å². The predicted molar refractivity (Wildman–Crippen MR) is 63.9 cm³/mol. The average molecular weight is 240 g/mol. The maximum Gasteiger partial charge on any atom is 0.233 e. The van der Waals surface area contributed by atoms with Crippen molar-refractivity contribution >= 4 is 6.41 Å². The molecule has 0 spiro atoms. The lowest BCUT2D eigenvalue weighted by molar-refractivity contribution is -0.235. The van der Waals surface area contributed by atoms with Crippen molar-refractivity contribution in [2.75, 3.05) is 0 Å². The summed E-state index contributed by atoms with van der Waals surface area (Å²) in [7, 11) is 0. The number of carbonyl (C=O) groups is 1. The van der Waals surface area contributed by atoms with E-state index in [1.807, 2.05) is 20.8 Å². The monoisotopic (exact) mass is 240 g/mol. The highest BCUT2D eigenvalue weighted by molar-refractivity contribution is 5.45. The van der Waals surface area contributed by atoms with E-state index in [1.165, 1.54) is 5.06 Å². The van der Waals surface area contributed by atoms with Crippen molar-refractivity contribution in [2.24, 2.45) is 5.11 Å². The number of hydroxylamine groups is 2. The fourth-order valence-electron chi connectivity index (χ4n) is 2.00. The molecule has 6 nitrogen and oxygen atoms in total. The van der Waals surface area contributed by atoms with Gasteiger partial charge in [0.05, 0.1) is 11.6 Å². The summed E-state index contributed by atoms with van der Waals surface area (Å²) in [6.45, 7) is 5.74. The van der Waals surface area contributed by atoms with Gasteiger partial charge < -0.3 is 0 Å². The summed E-state index contributed by atoms with van der Waals surface area (Å²) in [5.74, 6) is 0. The van der Waals surface area contributed by atoms with Crippen molar-refractivity contribution in [1.82, 2.24) is 5.06 Å². The lowest BCUT2D eigenvalue weighted by atomic mass is 9.91. The van der Waals surface area contributed by atoms with Crippen LogP contribution in [-0.2, 0) is 9.63 Å². The molecular formula is C11H20N4O2. The highest BCUT2D eigenvalue weighted by Crippen LogP contribution is 2.26. The largest absolute Gasteiger partial charge is 0.276 e. The Kier molecular flexibility index (Phi) is 4.78. The molecule has 1 aliphatic carbocycles. The van der Waals surface area contributed by atoms with Crippen LogP contribution in [0.5, 0.6) is 0 Å². The molecule has 0 N–H and O–H groups in total. The van der Waals surface area contributed by atoms with E-state index in [4.69, 9.17) is 10.4 Å². The average Bonchev–Trinajstić information content (AvgIpc) is 2.26. The third kappa shape index (κ3) is 4.63. The van der Waals surface area contributed by atoms with Crippen molar-refractivity contribution in [3.05, 3.63) is 10.4 Å². The number of hydrogen-bond acceptors (Lipinski definition) is 3. The van der Waals surface area contributed by atoms with Crippen LogP contribution in [0.2, 0.25) is 0 Å². The van der Waals surface area contributed by atoms with Gasteiger partial charge in [-0.3, -0.25) is 9.63 Å². The highest BCUT2D eigenvalue weighted by atomic mass is 16.7. The Labute approximate surface area is 102 Å². The van der Waals surface area contributed by atoms with Gasteiger partial charge in [-0.1, -0.05) is 5.11 Å². The first-order valence-electron chi connectivity index (χ1n) is 5.93. The van der Waals surface area contributed by atoms with Gasteiger partial charge in [0.25, 0.3) is 0 Å². The first kappa shape index (κ1) is 13.8. The molecule has 0 aromatic rings. The number of carbonyl (C=O) groups excluding carboxylic acids is 1. The van der Waals surface area contributed by atoms with Crippen LogP contribution in [0.15, 0.2) is 5.11 Å². The Balaban J connectivity index is 2.50. The van der Waals surface area contributed by atoms with E-state index >= 15 is 0 Å². The molecule has 1 aliphatic rings. The number of hydrogen-bond donors (Lipinski definition) is 0. The van der Waals surface area contributed by atoms with E-state index in [0.29, 0.717) is 0 Å². The first-order chi connectivity index (χ1) is 7.96. The standard InChI is InChI=1S/C11H20N4O2/c1-11(2,3)17-15(8-16)10-6-4-9(5-7-10)13-14-12/h8-10H,4-7H2,1-3H3. The summed E-state index contributed by atoms with van der Waals surface area (Å²) in [5.41, 5.74) is 7.99. The molecule has 1 rings (SSSR count). The minimum atomic E-state index is -0.372. The van der Waals surface area contributed by atoms with Crippen LogP contribution < -0.4 is 0 Å². The molecule has 1 saturated carbocycles. The van der Waals surface area contributed by atoms with Gasteiger partial charge in [-0.15, -0.1) is 0 Å². The SMILES string of the molecule is CC(C)(C)ON(C=O)C1CCC(N=[N+]=[N-])CC1. The van der Waals surface area contributed by atoms with Gasteiger partial charge in [-0.2, -0.15) is 0 Å². The Morgan fingerprint density at radius 2 is 1.94 bits per heavy atom. The molecule has 17 heavy (non-hydrogen) atoms. The van der Waals surface area contributed by atoms with E-state index in [-0.39, 0.29) is 17.7 Å². The van der Waals surface area contributed by atoms with Crippen molar-refractivity contribution in [1.29, 1.82) is 0 Å². The van der Waals surface area contributed by atoms with Crippen LogP contribution in [0.3, 0.4) is 0 Å². The maximum absolute atomic E-state index is 11.0. The van der Waals surface area contributed by atoms with Crippen LogP contribution in [0.25, 0.3) is 10.4 Å². The molecule has 0 saturated heterocycles. The van der Waals surface area contributed by atoms with Crippen LogP contribution in [-0.4, -0.2) is 29.2 Å². The fourth-order valence-corrected chi connectivity index (χ4v) is 2.00. The minimum Gasteiger partial charge on any atom is -0.276 e. The second-order valence-electron chi connectivity index (χ2n) is 5.34.